The van der Waals surface area contributed by atoms with Crippen molar-refractivity contribution in [2.45, 2.75) is 25.7 Å². The SMILES string of the molecule is Cc1ccc(Cl)cc1N1CCN(CC2=NC3C(C(=O)NC(=O)N3C)N2Cc2ccccc2F)CC1. The Labute approximate surface area is 208 Å². The highest BCUT2D eigenvalue weighted by atomic mass is 35.5. The predicted octanol–water partition coefficient (Wildman–Crippen LogP) is 2.70. The first-order valence-corrected chi connectivity index (χ1v) is 12.1. The molecule has 3 heterocycles. The number of likely N-dealkylation sites (N-methyl/N-ethyl adjacent to an activating group) is 1. The Morgan fingerprint density at radius 3 is 2.57 bits per heavy atom. The van der Waals surface area contributed by atoms with Crippen LogP contribution in [0.15, 0.2) is 47.5 Å². The minimum atomic E-state index is -0.692. The number of urea groups is 1. The molecule has 2 aromatic carbocycles. The van der Waals surface area contributed by atoms with E-state index in [1.807, 2.05) is 23.1 Å². The molecule has 3 aliphatic rings. The quantitative estimate of drug-likeness (QED) is 0.686. The van der Waals surface area contributed by atoms with Crippen LogP contribution >= 0.6 is 11.6 Å². The molecule has 0 bridgehead atoms. The lowest BCUT2D eigenvalue weighted by molar-refractivity contribution is -0.127. The number of aliphatic imine (C=N–C) groups is 1. The molecule has 3 aliphatic heterocycles. The minimum Gasteiger partial charge on any atom is -0.369 e. The van der Waals surface area contributed by atoms with Gasteiger partial charge in [0.2, 0.25) is 0 Å². The Bertz CT molecular complexity index is 1180. The van der Waals surface area contributed by atoms with Crippen LogP contribution in [0, 0.1) is 12.7 Å². The van der Waals surface area contributed by atoms with Crippen LogP contribution < -0.4 is 10.2 Å². The molecule has 10 heteroatoms. The number of anilines is 1. The van der Waals surface area contributed by atoms with Crippen molar-refractivity contribution < 1.29 is 14.0 Å². The van der Waals surface area contributed by atoms with E-state index in [0.717, 1.165) is 36.9 Å². The second-order valence-corrected chi connectivity index (χ2v) is 9.66. The van der Waals surface area contributed by atoms with E-state index in [0.29, 0.717) is 17.9 Å². The van der Waals surface area contributed by atoms with Crippen LogP contribution in [0.3, 0.4) is 0 Å². The number of benzene rings is 2. The van der Waals surface area contributed by atoms with Gasteiger partial charge in [-0.1, -0.05) is 35.9 Å². The highest BCUT2D eigenvalue weighted by Gasteiger charge is 2.48. The third-order valence-corrected chi connectivity index (χ3v) is 7.23. The summed E-state index contributed by atoms with van der Waals surface area (Å²) in [6.45, 7) is 6.05. The first-order chi connectivity index (χ1) is 16.8. The van der Waals surface area contributed by atoms with Crippen LogP contribution in [0.4, 0.5) is 14.9 Å². The number of carbonyl (C=O) groups excluding carboxylic acids is 2. The lowest BCUT2D eigenvalue weighted by Gasteiger charge is -2.39. The molecule has 2 fully saturated rings. The van der Waals surface area contributed by atoms with Crippen LogP contribution in [-0.2, 0) is 11.3 Å². The van der Waals surface area contributed by atoms with Gasteiger partial charge < -0.3 is 14.7 Å². The predicted molar refractivity (Wildman–Crippen MR) is 133 cm³/mol. The van der Waals surface area contributed by atoms with Crippen LogP contribution in [0.25, 0.3) is 0 Å². The average molecular weight is 499 g/mol. The monoisotopic (exact) mass is 498 g/mol. The van der Waals surface area contributed by atoms with Crippen LogP contribution in [0.1, 0.15) is 11.1 Å². The summed E-state index contributed by atoms with van der Waals surface area (Å²) in [7, 11) is 1.62. The van der Waals surface area contributed by atoms with Crippen molar-refractivity contribution in [3.63, 3.8) is 0 Å². The molecule has 1 N–H and O–H groups in total. The number of halogens is 2. The van der Waals surface area contributed by atoms with Crippen LogP contribution in [-0.4, -0.2) is 84.5 Å². The molecule has 0 saturated carbocycles. The van der Waals surface area contributed by atoms with E-state index in [1.165, 1.54) is 16.5 Å². The van der Waals surface area contributed by atoms with Gasteiger partial charge in [-0.2, -0.15) is 0 Å². The molecule has 0 spiro atoms. The van der Waals surface area contributed by atoms with Gasteiger partial charge in [0.15, 0.2) is 12.2 Å². The van der Waals surface area contributed by atoms with Crippen LogP contribution in [0.5, 0.6) is 0 Å². The lowest BCUT2D eigenvalue weighted by Crippen LogP contribution is -2.63. The summed E-state index contributed by atoms with van der Waals surface area (Å²) in [5.74, 6) is -0.0526. The number of amidine groups is 1. The van der Waals surface area contributed by atoms with E-state index >= 15 is 0 Å². The first-order valence-electron chi connectivity index (χ1n) is 11.7. The Hall–Kier alpha value is -3.17. The molecule has 0 radical (unpaired) electrons. The maximum Gasteiger partial charge on any atom is 0.325 e. The normalized spacial score (nSPS) is 22.9. The number of aryl methyl sites for hydroxylation is 1. The molecule has 35 heavy (non-hydrogen) atoms. The second kappa shape index (κ2) is 9.47. The van der Waals surface area contributed by atoms with E-state index in [2.05, 4.69) is 22.0 Å². The summed E-state index contributed by atoms with van der Waals surface area (Å²) in [6, 6.07) is 11.3. The summed E-state index contributed by atoms with van der Waals surface area (Å²) < 4.78 is 14.5. The molecule has 2 unspecified atom stereocenters. The number of amides is 3. The summed E-state index contributed by atoms with van der Waals surface area (Å²) >= 11 is 6.22. The van der Waals surface area contributed by atoms with Gasteiger partial charge in [0.05, 0.1) is 6.54 Å². The molecule has 0 aliphatic carbocycles. The van der Waals surface area contributed by atoms with E-state index < -0.39 is 24.1 Å². The second-order valence-electron chi connectivity index (χ2n) is 9.22. The topological polar surface area (TPSA) is 71.5 Å². The third kappa shape index (κ3) is 4.58. The highest BCUT2D eigenvalue weighted by Crippen LogP contribution is 2.28. The summed E-state index contributed by atoms with van der Waals surface area (Å²) in [5.41, 5.74) is 2.80. The summed E-state index contributed by atoms with van der Waals surface area (Å²) in [6.07, 6.45) is -0.631. The number of hydrogen-bond donors (Lipinski definition) is 1. The molecule has 3 amide bonds. The largest absolute Gasteiger partial charge is 0.369 e. The first kappa shape index (κ1) is 23.6. The number of fused-ring (bicyclic) bond motifs is 1. The van der Waals surface area contributed by atoms with Crippen molar-refractivity contribution in [1.29, 1.82) is 0 Å². The van der Waals surface area contributed by atoms with Crippen LogP contribution in [0.2, 0.25) is 5.02 Å². The van der Waals surface area contributed by atoms with Crippen molar-refractivity contribution in [2.75, 3.05) is 44.7 Å². The third-order valence-electron chi connectivity index (χ3n) is 6.99. The summed E-state index contributed by atoms with van der Waals surface area (Å²) in [5, 5.41) is 3.12. The fourth-order valence-electron chi connectivity index (χ4n) is 4.98. The highest BCUT2D eigenvalue weighted by molar-refractivity contribution is 6.30. The zero-order chi connectivity index (χ0) is 24.7. The van der Waals surface area contributed by atoms with Crippen molar-refractivity contribution >= 4 is 35.1 Å². The van der Waals surface area contributed by atoms with Gasteiger partial charge in [0.25, 0.3) is 5.91 Å². The average Bonchev–Trinajstić information content (AvgIpc) is 3.19. The maximum absolute atomic E-state index is 14.5. The van der Waals surface area contributed by atoms with E-state index in [4.69, 9.17) is 16.6 Å². The Morgan fingerprint density at radius 2 is 1.83 bits per heavy atom. The zero-order valence-electron chi connectivity index (χ0n) is 19.7. The maximum atomic E-state index is 14.5. The Kier molecular flexibility index (Phi) is 6.37. The zero-order valence-corrected chi connectivity index (χ0v) is 20.5. The number of imide groups is 1. The molecule has 2 saturated heterocycles. The molecule has 2 atom stereocenters. The lowest BCUT2D eigenvalue weighted by atomic mass is 10.1. The van der Waals surface area contributed by atoms with Gasteiger partial charge in [-0.25, -0.2) is 14.2 Å². The molecule has 8 nitrogen and oxygen atoms in total. The smallest absolute Gasteiger partial charge is 0.325 e. The molecule has 5 rings (SSSR count). The molecule has 0 aromatic heterocycles. The number of piperazine rings is 1. The Balaban J connectivity index is 1.34. The minimum absolute atomic E-state index is 0.198. The molecular weight excluding hydrogens is 471 g/mol. The number of rotatable bonds is 5. The van der Waals surface area contributed by atoms with Gasteiger partial charge in [0.1, 0.15) is 11.7 Å². The van der Waals surface area contributed by atoms with E-state index in [9.17, 15) is 14.0 Å². The molecular formula is C25H28ClFN6O2. The van der Waals surface area contributed by atoms with E-state index in [-0.39, 0.29) is 12.4 Å². The fourth-order valence-corrected chi connectivity index (χ4v) is 5.15. The fraction of sp³-hybridized carbons (Fsp3) is 0.400. The summed E-state index contributed by atoms with van der Waals surface area (Å²) in [4.78, 5) is 37.7. The van der Waals surface area contributed by atoms with Gasteiger partial charge in [0, 0.05) is 56.0 Å². The van der Waals surface area contributed by atoms with E-state index in [1.54, 1.807) is 25.2 Å². The number of hydrogen-bond acceptors (Lipinski definition) is 6. The van der Waals surface area contributed by atoms with Gasteiger partial charge in [-0.05, 0) is 30.7 Å². The standard InChI is InChI=1S/C25H28ClFN6O2/c1-16-7-8-18(26)13-20(16)32-11-9-31(10-12-32)15-21-28-23-22(24(34)29-25(35)30(23)2)33(21)14-17-5-3-4-6-19(17)27/h3-8,13,22-23H,9-12,14-15H2,1-2H3,(H,29,34,35). The molecule has 2 aromatic rings. The number of nitrogens with one attached hydrogen (secondary N) is 1. The molecule has 184 valence electrons. The number of nitrogens with zero attached hydrogens (tertiary/aromatic N) is 5. The Morgan fingerprint density at radius 1 is 1.09 bits per heavy atom. The van der Waals surface area contributed by atoms with Gasteiger partial charge in [-0.3, -0.25) is 15.0 Å². The number of carbonyl (C=O) groups is 2. The van der Waals surface area contributed by atoms with Crippen molar-refractivity contribution in [3.05, 3.63) is 64.4 Å². The van der Waals surface area contributed by atoms with Crippen molar-refractivity contribution in [2.24, 2.45) is 4.99 Å². The van der Waals surface area contributed by atoms with Crippen molar-refractivity contribution in [1.82, 2.24) is 20.0 Å². The van der Waals surface area contributed by atoms with Crippen molar-refractivity contribution in [3.8, 4) is 0 Å². The van der Waals surface area contributed by atoms with Gasteiger partial charge >= 0.3 is 6.03 Å². The van der Waals surface area contributed by atoms with Gasteiger partial charge in [-0.15, -0.1) is 0 Å².